The first-order valence-electron chi connectivity index (χ1n) is 5.58. The molecule has 1 aromatic rings. The minimum Gasteiger partial charge on any atom is -0.447 e. The van der Waals surface area contributed by atoms with Crippen molar-refractivity contribution in [3.8, 4) is 0 Å². The molecule has 1 fully saturated rings. The number of nitrogens with zero attached hydrogens (tertiary/aromatic N) is 2. The van der Waals surface area contributed by atoms with Crippen LogP contribution in [0.4, 0.5) is 0 Å². The lowest BCUT2D eigenvalue weighted by Crippen LogP contribution is -2.18. The predicted molar refractivity (Wildman–Crippen MR) is 58.6 cm³/mol. The van der Waals surface area contributed by atoms with Crippen molar-refractivity contribution in [2.24, 2.45) is 5.73 Å². The highest BCUT2D eigenvalue weighted by atomic mass is 16.3. The van der Waals surface area contributed by atoms with E-state index in [1.165, 1.54) is 6.42 Å². The molecule has 2 rings (SSSR count). The number of oxazole rings is 1. The second kappa shape index (κ2) is 4.33. The van der Waals surface area contributed by atoms with Gasteiger partial charge in [-0.25, -0.2) is 4.98 Å². The third-order valence-corrected chi connectivity index (χ3v) is 3.20. The topological polar surface area (TPSA) is 55.3 Å². The van der Waals surface area contributed by atoms with Gasteiger partial charge in [0, 0.05) is 12.5 Å². The molecular formula is C11H19N3O. The van der Waals surface area contributed by atoms with E-state index in [1.54, 1.807) is 6.26 Å². The Labute approximate surface area is 90.5 Å². The van der Waals surface area contributed by atoms with E-state index in [9.17, 15) is 0 Å². The maximum absolute atomic E-state index is 5.60. The van der Waals surface area contributed by atoms with Crippen LogP contribution in [-0.2, 0) is 0 Å². The first-order chi connectivity index (χ1) is 7.22. The van der Waals surface area contributed by atoms with Crippen molar-refractivity contribution in [2.75, 3.05) is 20.1 Å². The van der Waals surface area contributed by atoms with Crippen LogP contribution in [0.3, 0.4) is 0 Å². The Hall–Kier alpha value is -0.870. The largest absolute Gasteiger partial charge is 0.447 e. The summed E-state index contributed by atoms with van der Waals surface area (Å²) in [5.74, 6) is 1.14. The smallest absolute Gasteiger partial charge is 0.211 e. The van der Waals surface area contributed by atoms with Crippen LogP contribution in [0.1, 0.15) is 43.3 Å². The van der Waals surface area contributed by atoms with E-state index >= 15 is 0 Å². The molecule has 4 heteroatoms. The maximum Gasteiger partial charge on any atom is 0.211 e. The van der Waals surface area contributed by atoms with Crippen molar-refractivity contribution in [2.45, 2.75) is 31.7 Å². The maximum atomic E-state index is 5.60. The molecule has 2 N–H and O–H groups in total. The Kier molecular flexibility index (Phi) is 3.07. The van der Waals surface area contributed by atoms with Gasteiger partial charge in [-0.3, -0.25) is 4.90 Å². The zero-order chi connectivity index (χ0) is 10.8. The average Bonchev–Trinajstić information content (AvgIpc) is 2.84. The summed E-state index contributed by atoms with van der Waals surface area (Å²) in [6.45, 7) is 3.82. The average molecular weight is 209 g/mol. The first kappa shape index (κ1) is 10.6. The number of aromatic nitrogens is 1. The number of hydrogen-bond donors (Lipinski definition) is 1. The molecule has 0 radical (unpaired) electrons. The highest BCUT2D eigenvalue weighted by molar-refractivity contribution is 5.06. The van der Waals surface area contributed by atoms with Crippen LogP contribution in [-0.4, -0.2) is 30.0 Å². The van der Waals surface area contributed by atoms with Gasteiger partial charge in [-0.1, -0.05) is 6.92 Å². The molecule has 15 heavy (non-hydrogen) atoms. The third-order valence-electron chi connectivity index (χ3n) is 3.20. The van der Waals surface area contributed by atoms with E-state index in [2.05, 4.69) is 23.9 Å². The van der Waals surface area contributed by atoms with E-state index in [0.717, 1.165) is 24.6 Å². The summed E-state index contributed by atoms with van der Waals surface area (Å²) in [4.78, 5) is 6.82. The fraction of sp³-hybridized carbons (Fsp3) is 0.727. The molecule has 1 aliphatic rings. The van der Waals surface area contributed by atoms with Crippen LogP contribution >= 0.6 is 0 Å². The van der Waals surface area contributed by atoms with Gasteiger partial charge in [0.1, 0.15) is 6.26 Å². The molecule has 0 aliphatic carbocycles. The van der Waals surface area contributed by atoms with Gasteiger partial charge in [0.25, 0.3) is 0 Å². The van der Waals surface area contributed by atoms with Gasteiger partial charge < -0.3 is 10.2 Å². The van der Waals surface area contributed by atoms with Gasteiger partial charge in [-0.05, 0) is 26.4 Å². The Morgan fingerprint density at radius 2 is 2.53 bits per heavy atom. The SMILES string of the molecule is CC(CN)c1coc(C2CCCN2C)n1. The zero-order valence-corrected chi connectivity index (χ0v) is 9.44. The Bertz CT molecular complexity index is 323. The van der Waals surface area contributed by atoms with Gasteiger partial charge in [-0.2, -0.15) is 0 Å². The van der Waals surface area contributed by atoms with E-state index in [0.29, 0.717) is 12.6 Å². The molecule has 2 heterocycles. The van der Waals surface area contributed by atoms with Crippen molar-refractivity contribution in [3.63, 3.8) is 0 Å². The quantitative estimate of drug-likeness (QED) is 0.819. The molecule has 84 valence electrons. The standard InChI is InChI=1S/C11H19N3O/c1-8(6-12)9-7-15-11(13-9)10-4-3-5-14(10)2/h7-8,10H,3-6,12H2,1-2H3. The van der Waals surface area contributed by atoms with E-state index in [4.69, 9.17) is 10.2 Å². The Morgan fingerprint density at radius 1 is 1.73 bits per heavy atom. The summed E-state index contributed by atoms with van der Waals surface area (Å²) >= 11 is 0. The van der Waals surface area contributed by atoms with E-state index < -0.39 is 0 Å². The molecule has 4 nitrogen and oxygen atoms in total. The van der Waals surface area contributed by atoms with Crippen molar-refractivity contribution >= 4 is 0 Å². The van der Waals surface area contributed by atoms with Crippen molar-refractivity contribution < 1.29 is 4.42 Å². The molecule has 1 aromatic heterocycles. The normalized spacial score (nSPS) is 24.6. The summed E-state index contributed by atoms with van der Waals surface area (Å²) < 4.78 is 5.53. The summed E-state index contributed by atoms with van der Waals surface area (Å²) in [6, 6.07) is 0.365. The number of likely N-dealkylation sites (tertiary alicyclic amines) is 1. The zero-order valence-electron chi connectivity index (χ0n) is 9.44. The summed E-state index contributed by atoms with van der Waals surface area (Å²) in [6.07, 6.45) is 4.12. The number of nitrogens with two attached hydrogens (primary N) is 1. The lowest BCUT2D eigenvalue weighted by atomic mass is 10.1. The van der Waals surface area contributed by atoms with Crippen LogP contribution < -0.4 is 5.73 Å². The molecule has 0 amide bonds. The molecule has 1 saturated heterocycles. The minimum absolute atomic E-state index is 0.286. The molecule has 0 aromatic carbocycles. The van der Waals surface area contributed by atoms with E-state index in [1.807, 2.05) is 0 Å². The summed E-state index contributed by atoms with van der Waals surface area (Å²) in [7, 11) is 2.12. The summed E-state index contributed by atoms with van der Waals surface area (Å²) in [5.41, 5.74) is 6.58. The van der Waals surface area contributed by atoms with Gasteiger partial charge >= 0.3 is 0 Å². The van der Waals surface area contributed by atoms with Crippen LogP contribution in [0.15, 0.2) is 10.7 Å². The van der Waals surface area contributed by atoms with Crippen LogP contribution in [0.25, 0.3) is 0 Å². The van der Waals surface area contributed by atoms with Gasteiger partial charge in [0.05, 0.1) is 11.7 Å². The second-order valence-electron chi connectivity index (χ2n) is 4.39. The molecular weight excluding hydrogens is 190 g/mol. The minimum atomic E-state index is 0.286. The van der Waals surface area contributed by atoms with Crippen LogP contribution in [0.5, 0.6) is 0 Å². The molecule has 1 aliphatic heterocycles. The number of hydrogen-bond acceptors (Lipinski definition) is 4. The molecule has 2 atom stereocenters. The molecule has 0 saturated carbocycles. The molecule has 0 spiro atoms. The fourth-order valence-corrected chi connectivity index (χ4v) is 2.02. The van der Waals surface area contributed by atoms with Crippen molar-refractivity contribution in [3.05, 3.63) is 17.8 Å². The second-order valence-corrected chi connectivity index (χ2v) is 4.39. The van der Waals surface area contributed by atoms with E-state index in [-0.39, 0.29) is 5.92 Å². The third kappa shape index (κ3) is 2.06. The van der Waals surface area contributed by atoms with Gasteiger partial charge in [0.15, 0.2) is 0 Å². The predicted octanol–water partition coefficient (Wildman–Crippen LogP) is 1.50. The lowest BCUT2D eigenvalue weighted by Gasteiger charge is -2.15. The Balaban J connectivity index is 2.12. The highest BCUT2D eigenvalue weighted by Crippen LogP contribution is 2.30. The first-order valence-corrected chi connectivity index (χ1v) is 5.58. The fourth-order valence-electron chi connectivity index (χ4n) is 2.02. The van der Waals surface area contributed by atoms with Crippen LogP contribution in [0, 0.1) is 0 Å². The molecule has 0 bridgehead atoms. The summed E-state index contributed by atoms with van der Waals surface area (Å²) in [5, 5.41) is 0. The Morgan fingerprint density at radius 3 is 3.13 bits per heavy atom. The van der Waals surface area contributed by atoms with Crippen molar-refractivity contribution in [1.82, 2.24) is 9.88 Å². The highest BCUT2D eigenvalue weighted by Gasteiger charge is 2.27. The number of rotatable bonds is 3. The van der Waals surface area contributed by atoms with Crippen LogP contribution in [0.2, 0.25) is 0 Å². The molecule has 2 unspecified atom stereocenters. The van der Waals surface area contributed by atoms with Crippen molar-refractivity contribution in [1.29, 1.82) is 0 Å². The lowest BCUT2D eigenvalue weighted by molar-refractivity contribution is 0.268. The monoisotopic (exact) mass is 209 g/mol. The van der Waals surface area contributed by atoms with Gasteiger partial charge in [-0.15, -0.1) is 0 Å². The van der Waals surface area contributed by atoms with Gasteiger partial charge in [0.2, 0.25) is 5.89 Å².